The Morgan fingerprint density at radius 3 is 3.00 bits per heavy atom. The number of hydrogen-bond donors (Lipinski definition) is 1. The normalized spacial score (nSPS) is 23.9. The standard InChI is InChI=1S/C16H23N3S/c1-12-8-9-17-16(2,3)11-19(12)10-15-18-13-6-4-5-7-14(13)20-15/h4-7,12,17H,8-11H2,1-3H3. The monoisotopic (exact) mass is 289 g/mol. The van der Waals surface area contributed by atoms with Crippen LogP contribution in [0.5, 0.6) is 0 Å². The molecule has 0 amide bonds. The molecule has 3 rings (SSSR count). The molecule has 4 heteroatoms. The zero-order chi connectivity index (χ0) is 14.2. The van der Waals surface area contributed by atoms with Gasteiger partial charge < -0.3 is 5.32 Å². The van der Waals surface area contributed by atoms with Gasteiger partial charge in [-0.15, -0.1) is 11.3 Å². The Labute approximate surface area is 125 Å². The number of nitrogens with zero attached hydrogens (tertiary/aromatic N) is 2. The molecular weight excluding hydrogens is 266 g/mol. The van der Waals surface area contributed by atoms with Gasteiger partial charge in [0.1, 0.15) is 5.01 Å². The third-order valence-corrected chi connectivity index (χ3v) is 5.09. The van der Waals surface area contributed by atoms with Gasteiger partial charge in [0.15, 0.2) is 0 Å². The highest BCUT2D eigenvalue weighted by Gasteiger charge is 2.28. The summed E-state index contributed by atoms with van der Waals surface area (Å²) in [5.74, 6) is 0. The zero-order valence-electron chi connectivity index (χ0n) is 12.5. The molecule has 1 N–H and O–H groups in total. The summed E-state index contributed by atoms with van der Waals surface area (Å²) in [6.45, 7) is 10.0. The van der Waals surface area contributed by atoms with Gasteiger partial charge in [0.05, 0.1) is 16.8 Å². The molecule has 0 aliphatic carbocycles. The first-order valence-electron chi connectivity index (χ1n) is 7.37. The van der Waals surface area contributed by atoms with Gasteiger partial charge in [-0.05, 0) is 45.9 Å². The maximum atomic E-state index is 4.78. The smallest absolute Gasteiger partial charge is 0.108 e. The topological polar surface area (TPSA) is 28.2 Å². The van der Waals surface area contributed by atoms with Gasteiger partial charge in [-0.3, -0.25) is 4.90 Å². The van der Waals surface area contributed by atoms with E-state index in [1.54, 1.807) is 0 Å². The summed E-state index contributed by atoms with van der Waals surface area (Å²) in [5.41, 5.74) is 1.31. The molecule has 1 aliphatic heterocycles. The number of thiazole rings is 1. The van der Waals surface area contributed by atoms with Gasteiger partial charge in [-0.2, -0.15) is 0 Å². The molecule has 20 heavy (non-hydrogen) atoms. The largest absolute Gasteiger partial charge is 0.310 e. The Kier molecular flexibility index (Phi) is 3.80. The van der Waals surface area contributed by atoms with Gasteiger partial charge >= 0.3 is 0 Å². The fourth-order valence-corrected chi connectivity index (χ4v) is 3.89. The first-order valence-corrected chi connectivity index (χ1v) is 8.19. The zero-order valence-corrected chi connectivity index (χ0v) is 13.3. The first-order chi connectivity index (χ1) is 9.53. The lowest BCUT2D eigenvalue weighted by Crippen LogP contribution is -2.47. The third-order valence-electron chi connectivity index (χ3n) is 4.06. The minimum Gasteiger partial charge on any atom is -0.310 e. The molecular formula is C16H23N3S. The van der Waals surface area contributed by atoms with Crippen molar-refractivity contribution in [2.24, 2.45) is 0 Å². The van der Waals surface area contributed by atoms with E-state index < -0.39 is 0 Å². The van der Waals surface area contributed by atoms with Gasteiger partial charge in [0.25, 0.3) is 0 Å². The number of fused-ring (bicyclic) bond motifs is 1. The summed E-state index contributed by atoms with van der Waals surface area (Å²) >= 11 is 1.83. The van der Waals surface area contributed by atoms with Crippen molar-refractivity contribution in [1.29, 1.82) is 0 Å². The molecule has 0 radical (unpaired) electrons. The fraction of sp³-hybridized carbons (Fsp3) is 0.562. The molecule has 0 bridgehead atoms. The second-order valence-electron chi connectivity index (χ2n) is 6.43. The van der Waals surface area contributed by atoms with Crippen molar-refractivity contribution in [3.05, 3.63) is 29.3 Å². The van der Waals surface area contributed by atoms with Crippen LogP contribution >= 0.6 is 11.3 Å². The van der Waals surface area contributed by atoms with Crippen LogP contribution in [0.1, 0.15) is 32.2 Å². The Morgan fingerprint density at radius 1 is 1.40 bits per heavy atom. The molecule has 1 aromatic heterocycles. The Morgan fingerprint density at radius 2 is 2.20 bits per heavy atom. The Bertz CT molecular complexity index is 557. The fourth-order valence-electron chi connectivity index (χ4n) is 2.89. The molecule has 0 spiro atoms. The molecule has 1 unspecified atom stereocenters. The lowest BCUT2D eigenvalue weighted by Gasteiger charge is -2.32. The summed E-state index contributed by atoms with van der Waals surface area (Å²) in [6, 6.07) is 9.02. The molecule has 1 aromatic carbocycles. The van der Waals surface area contributed by atoms with Crippen LogP contribution in [0.25, 0.3) is 10.2 Å². The van der Waals surface area contributed by atoms with Crippen molar-refractivity contribution in [1.82, 2.24) is 15.2 Å². The highest BCUT2D eigenvalue weighted by Crippen LogP contribution is 2.25. The first kappa shape index (κ1) is 14.0. The minimum absolute atomic E-state index is 0.182. The van der Waals surface area contributed by atoms with Crippen LogP contribution in [0.2, 0.25) is 0 Å². The van der Waals surface area contributed by atoms with Crippen molar-refractivity contribution in [3.63, 3.8) is 0 Å². The molecule has 1 aliphatic rings. The summed E-state index contributed by atoms with van der Waals surface area (Å²) < 4.78 is 1.29. The molecule has 1 fully saturated rings. The number of nitrogens with one attached hydrogen (secondary N) is 1. The molecule has 2 aromatic rings. The maximum Gasteiger partial charge on any atom is 0.108 e. The van der Waals surface area contributed by atoms with Crippen LogP contribution in [-0.2, 0) is 6.54 Å². The summed E-state index contributed by atoms with van der Waals surface area (Å²) in [7, 11) is 0. The summed E-state index contributed by atoms with van der Waals surface area (Å²) in [6.07, 6.45) is 1.20. The lowest BCUT2D eigenvalue weighted by atomic mass is 10.1. The van der Waals surface area contributed by atoms with Crippen molar-refractivity contribution in [2.75, 3.05) is 13.1 Å². The quantitative estimate of drug-likeness (QED) is 0.920. The maximum absolute atomic E-state index is 4.78. The van der Waals surface area contributed by atoms with E-state index in [4.69, 9.17) is 4.98 Å². The number of aromatic nitrogens is 1. The molecule has 1 saturated heterocycles. The second kappa shape index (κ2) is 5.43. The van der Waals surface area contributed by atoms with Crippen LogP contribution in [0.15, 0.2) is 24.3 Å². The van der Waals surface area contributed by atoms with Crippen molar-refractivity contribution in [2.45, 2.75) is 45.3 Å². The Hall–Kier alpha value is -0.970. The van der Waals surface area contributed by atoms with Crippen LogP contribution in [0.4, 0.5) is 0 Å². The van der Waals surface area contributed by atoms with Gasteiger partial charge in [-0.1, -0.05) is 12.1 Å². The highest BCUT2D eigenvalue weighted by atomic mass is 32.1. The summed E-state index contributed by atoms with van der Waals surface area (Å²) in [5, 5.41) is 4.87. The second-order valence-corrected chi connectivity index (χ2v) is 7.54. The van der Waals surface area contributed by atoms with Crippen LogP contribution in [0.3, 0.4) is 0 Å². The van der Waals surface area contributed by atoms with Gasteiger partial charge in [-0.25, -0.2) is 4.98 Å². The van der Waals surface area contributed by atoms with Gasteiger partial charge in [0.2, 0.25) is 0 Å². The van der Waals surface area contributed by atoms with E-state index in [1.165, 1.54) is 16.1 Å². The van der Waals surface area contributed by atoms with E-state index >= 15 is 0 Å². The SMILES string of the molecule is CC1CCNC(C)(C)CN1Cc1nc2ccccc2s1. The number of para-hydroxylation sites is 1. The predicted molar refractivity (Wildman–Crippen MR) is 86.2 cm³/mol. The summed E-state index contributed by atoms with van der Waals surface area (Å²) in [4.78, 5) is 7.34. The number of rotatable bonds is 2. The van der Waals surface area contributed by atoms with Crippen molar-refractivity contribution >= 4 is 21.6 Å². The highest BCUT2D eigenvalue weighted by molar-refractivity contribution is 7.18. The van der Waals surface area contributed by atoms with E-state index in [9.17, 15) is 0 Å². The molecule has 0 saturated carbocycles. The van der Waals surface area contributed by atoms with Gasteiger partial charge in [0, 0.05) is 18.1 Å². The van der Waals surface area contributed by atoms with E-state index in [2.05, 4.69) is 55.3 Å². The average Bonchev–Trinajstić information content (AvgIpc) is 2.73. The molecule has 2 heterocycles. The minimum atomic E-state index is 0.182. The lowest BCUT2D eigenvalue weighted by molar-refractivity contribution is 0.173. The van der Waals surface area contributed by atoms with Crippen LogP contribution < -0.4 is 5.32 Å². The average molecular weight is 289 g/mol. The van der Waals surface area contributed by atoms with E-state index in [1.807, 2.05) is 11.3 Å². The predicted octanol–water partition coefficient (Wildman–Crippen LogP) is 3.26. The molecule has 3 nitrogen and oxygen atoms in total. The molecule has 108 valence electrons. The van der Waals surface area contributed by atoms with E-state index in [0.717, 1.165) is 25.2 Å². The Balaban J connectivity index is 1.81. The van der Waals surface area contributed by atoms with E-state index in [-0.39, 0.29) is 5.54 Å². The molecule has 1 atom stereocenters. The van der Waals surface area contributed by atoms with Crippen molar-refractivity contribution in [3.8, 4) is 0 Å². The third kappa shape index (κ3) is 3.03. The van der Waals surface area contributed by atoms with Crippen LogP contribution in [-0.4, -0.2) is 34.6 Å². The van der Waals surface area contributed by atoms with Crippen LogP contribution in [0, 0.1) is 0 Å². The number of benzene rings is 1. The van der Waals surface area contributed by atoms with E-state index in [0.29, 0.717) is 6.04 Å². The number of hydrogen-bond acceptors (Lipinski definition) is 4. The van der Waals surface area contributed by atoms with Crippen molar-refractivity contribution < 1.29 is 0 Å².